The highest BCUT2D eigenvalue weighted by atomic mass is 16.2. The van der Waals surface area contributed by atoms with Crippen molar-refractivity contribution in [1.82, 2.24) is 19.9 Å². The molecule has 148 valence electrons. The maximum Gasteiger partial charge on any atom is 0.328 e. The van der Waals surface area contributed by atoms with Crippen LogP contribution in [0.5, 0.6) is 0 Å². The summed E-state index contributed by atoms with van der Waals surface area (Å²) < 4.78 is 1.15. The molecule has 0 aliphatic carbocycles. The van der Waals surface area contributed by atoms with Gasteiger partial charge in [0.25, 0.3) is 5.56 Å². The van der Waals surface area contributed by atoms with Gasteiger partial charge in [-0.1, -0.05) is 30.3 Å². The Balaban J connectivity index is 1.30. The van der Waals surface area contributed by atoms with Crippen molar-refractivity contribution in [3.8, 4) is 0 Å². The number of hydrogen-bond acceptors (Lipinski definition) is 3. The van der Waals surface area contributed by atoms with Crippen LogP contribution >= 0.6 is 0 Å². The second-order valence-electron chi connectivity index (χ2n) is 7.00. The molecule has 0 spiro atoms. The Morgan fingerprint density at radius 2 is 1.69 bits per heavy atom. The minimum absolute atomic E-state index is 0.0879. The summed E-state index contributed by atoms with van der Waals surface area (Å²) in [6.45, 7) is 0.742. The average molecular weight is 390 g/mol. The van der Waals surface area contributed by atoms with Crippen LogP contribution in [0, 0.1) is 0 Å². The Kier molecular flexibility index (Phi) is 5.29. The van der Waals surface area contributed by atoms with Crippen molar-refractivity contribution in [2.75, 3.05) is 6.54 Å². The van der Waals surface area contributed by atoms with Crippen LogP contribution in [0.4, 0.5) is 0 Å². The predicted octanol–water partition coefficient (Wildman–Crippen LogP) is 2.31. The lowest BCUT2D eigenvalue weighted by Gasteiger charge is -2.07. The van der Waals surface area contributed by atoms with E-state index in [-0.39, 0.29) is 24.4 Å². The van der Waals surface area contributed by atoms with Gasteiger partial charge in [0.1, 0.15) is 0 Å². The number of carbonyl (C=O) groups excluding carboxylic acids is 1. The van der Waals surface area contributed by atoms with Crippen molar-refractivity contribution in [3.05, 3.63) is 81.1 Å². The fourth-order valence-electron chi connectivity index (χ4n) is 3.56. The predicted molar refractivity (Wildman–Crippen MR) is 113 cm³/mol. The first-order valence-electron chi connectivity index (χ1n) is 9.67. The van der Waals surface area contributed by atoms with Gasteiger partial charge in [0.05, 0.1) is 10.9 Å². The molecular formula is C22H22N4O3. The van der Waals surface area contributed by atoms with Crippen LogP contribution < -0.4 is 16.6 Å². The smallest absolute Gasteiger partial charge is 0.328 e. The molecule has 7 nitrogen and oxygen atoms in total. The van der Waals surface area contributed by atoms with Crippen molar-refractivity contribution >= 4 is 27.7 Å². The van der Waals surface area contributed by atoms with Crippen LogP contribution in [0.3, 0.4) is 0 Å². The van der Waals surface area contributed by atoms with Gasteiger partial charge >= 0.3 is 5.69 Å². The highest BCUT2D eigenvalue weighted by Gasteiger charge is 2.09. The number of H-pyrrole nitrogens is 2. The van der Waals surface area contributed by atoms with Gasteiger partial charge in [-0.15, -0.1) is 0 Å². The van der Waals surface area contributed by atoms with E-state index in [1.54, 1.807) is 24.3 Å². The van der Waals surface area contributed by atoms with E-state index in [9.17, 15) is 14.4 Å². The third-order valence-electron chi connectivity index (χ3n) is 5.07. The molecule has 0 unspecified atom stereocenters. The molecule has 3 N–H and O–H groups in total. The molecule has 0 radical (unpaired) electrons. The zero-order chi connectivity index (χ0) is 20.2. The van der Waals surface area contributed by atoms with Gasteiger partial charge in [0, 0.05) is 36.6 Å². The summed E-state index contributed by atoms with van der Waals surface area (Å²) in [4.78, 5) is 42.7. The van der Waals surface area contributed by atoms with Crippen molar-refractivity contribution in [1.29, 1.82) is 0 Å². The number of amides is 1. The monoisotopic (exact) mass is 390 g/mol. The SMILES string of the molecule is O=C(CCCn1c(=O)[nH]c2ccccc2c1=O)NCCc1c[nH]c2ccccc12. The Hall–Kier alpha value is -3.61. The van der Waals surface area contributed by atoms with Gasteiger partial charge in [-0.2, -0.15) is 0 Å². The lowest BCUT2D eigenvalue weighted by molar-refractivity contribution is -0.121. The first kappa shape index (κ1) is 18.7. The second-order valence-corrected chi connectivity index (χ2v) is 7.00. The van der Waals surface area contributed by atoms with Crippen LogP contribution in [0.2, 0.25) is 0 Å². The topological polar surface area (TPSA) is 99.8 Å². The van der Waals surface area contributed by atoms with E-state index in [1.165, 1.54) is 0 Å². The van der Waals surface area contributed by atoms with E-state index in [4.69, 9.17) is 0 Å². The van der Waals surface area contributed by atoms with Gasteiger partial charge in [-0.3, -0.25) is 14.2 Å². The zero-order valence-electron chi connectivity index (χ0n) is 15.9. The number of aromatic nitrogens is 3. The molecule has 2 aromatic heterocycles. The largest absolute Gasteiger partial charge is 0.361 e. The Bertz CT molecular complexity index is 1280. The lowest BCUT2D eigenvalue weighted by atomic mass is 10.1. The minimum Gasteiger partial charge on any atom is -0.361 e. The molecule has 0 fully saturated rings. The molecule has 4 aromatic rings. The van der Waals surface area contributed by atoms with Crippen LogP contribution in [-0.4, -0.2) is 27.0 Å². The van der Waals surface area contributed by atoms with Gasteiger partial charge in [0.15, 0.2) is 0 Å². The van der Waals surface area contributed by atoms with Gasteiger partial charge in [-0.25, -0.2) is 4.79 Å². The van der Waals surface area contributed by atoms with E-state index < -0.39 is 5.69 Å². The zero-order valence-corrected chi connectivity index (χ0v) is 15.9. The summed E-state index contributed by atoms with van der Waals surface area (Å²) in [6.07, 6.45) is 3.38. The molecule has 0 bridgehead atoms. The first-order valence-corrected chi connectivity index (χ1v) is 9.67. The van der Waals surface area contributed by atoms with Crippen molar-refractivity contribution in [3.63, 3.8) is 0 Å². The number of fused-ring (bicyclic) bond motifs is 2. The van der Waals surface area contributed by atoms with Crippen LogP contribution in [0.1, 0.15) is 18.4 Å². The molecule has 0 saturated carbocycles. The van der Waals surface area contributed by atoms with E-state index in [2.05, 4.69) is 21.4 Å². The number of benzene rings is 2. The van der Waals surface area contributed by atoms with Crippen molar-refractivity contribution in [2.45, 2.75) is 25.8 Å². The standard InChI is InChI=1S/C22H22N4O3/c27-20(23-12-11-15-14-24-18-8-3-1-6-16(15)18)10-5-13-26-21(28)17-7-2-4-9-19(17)25-22(26)29/h1-4,6-9,14,24H,5,10-13H2,(H,23,27)(H,25,29). The molecule has 4 rings (SSSR count). The number of aromatic amines is 2. The summed E-state index contributed by atoms with van der Waals surface area (Å²) in [6, 6.07) is 15.0. The lowest BCUT2D eigenvalue weighted by Crippen LogP contribution is -2.35. The number of carbonyl (C=O) groups is 1. The molecular weight excluding hydrogens is 368 g/mol. The van der Waals surface area contributed by atoms with E-state index in [0.29, 0.717) is 23.9 Å². The van der Waals surface area contributed by atoms with Gasteiger partial charge < -0.3 is 15.3 Å². The molecule has 0 atom stereocenters. The number of para-hydroxylation sites is 2. The van der Waals surface area contributed by atoms with Crippen LogP contribution in [0.15, 0.2) is 64.3 Å². The highest BCUT2D eigenvalue weighted by molar-refractivity contribution is 5.83. The summed E-state index contributed by atoms with van der Waals surface area (Å²) >= 11 is 0. The third kappa shape index (κ3) is 3.99. The molecule has 2 heterocycles. The average Bonchev–Trinajstić information content (AvgIpc) is 3.14. The van der Waals surface area contributed by atoms with Crippen LogP contribution in [-0.2, 0) is 17.8 Å². The van der Waals surface area contributed by atoms with Crippen molar-refractivity contribution < 1.29 is 4.79 Å². The molecule has 0 aliphatic heterocycles. The number of nitrogens with one attached hydrogen (secondary N) is 3. The first-order chi connectivity index (χ1) is 14.1. The second kappa shape index (κ2) is 8.18. The number of rotatable bonds is 7. The van der Waals surface area contributed by atoms with Crippen molar-refractivity contribution in [2.24, 2.45) is 0 Å². The van der Waals surface area contributed by atoms with Gasteiger partial charge in [-0.05, 0) is 36.6 Å². The Morgan fingerprint density at radius 3 is 2.52 bits per heavy atom. The van der Waals surface area contributed by atoms with E-state index in [0.717, 1.165) is 27.5 Å². The Morgan fingerprint density at radius 1 is 0.966 bits per heavy atom. The third-order valence-corrected chi connectivity index (χ3v) is 5.07. The summed E-state index contributed by atoms with van der Waals surface area (Å²) in [5.74, 6) is -0.0879. The quantitative estimate of drug-likeness (QED) is 0.451. The summed E-state index contributed by atoms with van der Waals surface area (Å²) in [7, 11) is 0. The molecule has 1 amide bonds. The molecule has 7 heteroatoms. The molecule has 0 saturated heterocycles. The molecule has 0 aliphatic rings. The molecule has 29 heavy (non-hydrogen) atoms. The fraction of sp³-hybridized carbons (Fsp3) is 0.227. The Labute approximate surface area is 166 Å². The normalized spacial score (nSPS) is 11.2. The van der Waals surface area contributed by atoms with E-state index in [1.807, 2.05) is 24.4 Å². The highest BCUT2D eigenvalue weighted by Crippen LogP contribution is 2.17. The maximum atomic E-state index is 12.5. The maximum absolute atomic E-state index is 12.5. The summed E-state index contributed by atoms with van der Waals surface area (Å²) in [5, 5.41) is 4.54. The number of hydrogen-bond donors (Lipinski definition) is 3. The van der Waals surface area contributed by atoms with Gasteiger partial charge in [0.2, 0.25) is 5.91 Å². The number of nitrogens with zero attached hydrogens (tertiary/aromatic N) is 1. The summed E-state index contributed by atoms with van der Waals surface area (Å²) in [5.41, 5.74) is 1.99. The fourth-order valence-corrected chi connectivity index (χ4v) is 3.56. The minimum atomic E-state index is -0.451. The molecule has 2 aromatic carbocycles. The van der Waals surface area contributed by atoms with Crippen LogP contribution in [0.25, 0.3) is 21.8 Å². The van der Waals surface area contributed by atoms with E-state index >= 15 is 0 Å².